The second-order valence-corrected chi connectivity index (χ2v) is 6.61. The highest BCUT2D eigenvalue weighted by atomic mass is 35.5. The molecule has 138 valence electrons. The molecule has 1 aliphatic rings. The summed E-state index contributed by atoms with van der Waals surface area (Å²) >= 11 is 5.60. The van der Waals surface area contributed by atoms with E-state index in [4.69, 9.17) is 11.6 Å². The number of rotatable bonds is 4. The van der Waals surface area contributed by atoms with E-state index in [1.807, 2.05) is 0 Å². The fourth-order valence-electron chi connectivity index (χ4n) is 2.92. The molecule has 0 spiro atoms. The minimum Gasteiger partial charge on any atom is -0.354 e. The number of hydrogen-bond donors (Lipinski definition) is 2. The van der Waals surface area contributed by atoms with Crippen molar-refractivity contribution in [3.8, 4) is 0 Å². The van der Waals surface area contributed by atoms with Gasteiger partial charge in [-0.15, -0.1) is 0 Å². The number of nitrogens with one attached hydrogen (secondary N) is 2. The molecular weight excluding hydrogens is 367 g/mol. The van der Waals surface area contributed by atoms with Gasteiger partial charge in [-0.2, -0.15) is 13.2 Å². The van der Waals surface area contributed by atoms with E-state index in [0.717, 1.165) is 31.7 Å². The number of anilines is 2. The van der Waals surface area contributed by atoms with Crippen molar-refractivity contribution in [3.63, 3.8) is 0 Å². The monoisotopic (exact) mass is 383 g/mol. The third kappa shape index (κ3) is 4.46. The minimum atomic E-state index is -4.53. The van der Waals surface area contributed by atoms with Gasteiger partial charge in [0.2, 0.25) is 0 Å². The lowest BCUT2D eigenvalue weighted by Gasteiger charge is -2.13. The molecule has 0 radical (unpaired) electrons. The number of aromatic nitrogens is 1. The van der Waals surface area contributed by atoms with Crippen LogP contribution in [0.25, 0.3) is 0 Å². The Hall–Kier alpha value is -2.28. The summed E-state index contributed by atoms with van der Waals surface area (Å²) in [6.07, 6.45) is 1.05. The van der Waals surface area contributed by atoms with Crippen molar-refractivity contribution in [2.24, 2.45) is 0 Å². The summed E-state index contributed by atoms with van der Waals surface area (Å²) in [6.45, 7) is 0. The summed E-state index contributed by atoms with van der Waals surface area (Å²) in [7, 11) is 0. The molecule has 1 aliphatic carbocycles. The molecule has 1 aromatic carbocycles. The van der Waals surface area contributed by atoms with E-state index in [9.17, 15) is 18.0 Å². The first-order chi connectivity index (χ1) is 12.3. The molecule has 0 atom stereocenters. The molecule has 0 saturated heterocycles. The Morgan fingerprint density at radius 1 is 1.12 bits per heavy atom. The van der Waals surface area contributed by atoms with Gasteiger partial charge >= 0.3 is 6.18 Å². The van der Waals surface area contributed by atoms with Gasteiger partial charge in [0.15, 0.2) is 0 Å². The van der Waals surface area contributed by atoms with Crippen LogP contribution in [0.5, 0.6) is 0 Å². The number of nitrogens with zero attached hydrogens (tertiary/aromatic N) is 1. The highest BCUT2D eigenvalue weighted by Crippen LogP contribution is 2.36. The molecule has 0 unspecified atom stereocenters. The zero-order valence-electron chi connectivity index (χ0n) is 13.7. The average Bonchev–Trinajstić information content (AvgIpc) is 3.09. The molecule has 1 fully saturated rings. The van der Waals surface area contributed by atoms with Gasteiger partial charge < -0.3 is 10.6 Å². The van der Waals surface area contributed by atoms with Gasteiger partial charge in [0.25, 0.3) is 5.91 Å². The van der Waals surface area contributed by atoms with Crippen LogP contribution in [0.15, 0.2) is 36.5 Å². The predicted octanol–water partition coefficient (Wildman–Crippen LogP) is 5.17. The largest absolute Gasteiger partial charge is 0.417 e. The number of carbonyl (C=O) groups is 1. The van der Waals surface area contributed by atoms with Gasteiger partial charge in [0.1, 0.15) is 5.69 Å². The molecule has 1 saturated carbocycles. The third-order valence-corrected chi connectivity index (χ3v) is 4.58. The van der Waals surface area contributed by atoms with Gasteiger partial charge in [-0.25, -0.2) is 4.98 Å². The molecule has 2 N–H and O–H groups in total. The Bertz CT molecular complexity index is 787. The summed E-state index contributed by atoms with van der Waals surface area (Å²) < 4.78 is 38.7. The second kappa shape index (κ2) is 7.53. The predicted molar refractivity (Wildman–Crippen MR) is 93.7 cm³/mol. The Balaban J connectivity index is 1.68. The number of amides is 1. The molecule has 1 heterocycles. The maximum Gasteiger partial charge on any atom is 0.417 e. The Labute approximate surface area is 153 Å². The Morgan fingerprint density at radius 2 is 1.81 bits per heavy atom. The highest BCUT2D eigenvalue weighted by Gasteiger charge is 2.33. The van der Waals surface area contributed by atoms with Crippen molar-refractivity contribution in [1.82, 2.24) is 10.3 Å². The fourth-order valence-corrected chi connectivity index (χ4v) is 3.14. The fraction of sp³-hybridized carbons (Fsp3) is 0.333. The maximum absolute atomic E-state index is 12.9. The van der Waals surface area contributed by atoms with Crippen molar-refractivity contribution >= 4 is 28.9 Å². The third-order valence-electron chi connectivity index (χ3n) is 4.25. The topological polar surface area (TPSA) is 54.0 Å². The van der Waals surface area contributed by atoms with Gasteiger partial charge in [0, 0.05) is 11.7 Å². The van der Waals surface area contributed by atoms with Crippen LogP contribution in [-0.2, 0) is 6.18 Å². The number of pyridine rings is 1. The lowest BCUT2D eigenvalue weighted by molar-refractivity contribution is -0.137. The van der Waals surface area contributed by atoms with Crippen molar-refractivity contribution in [2.75, 3.05) is 5.32 Å². The van der Waals surface area contributed by atoms with Crippen LogP contribution in [-0.4, -0.2) is 16.9 Å². The lowest BCUT2D eigenvalue weighted by atomic mass is 10.2. The molecule has 4 nitrogen and oxygen atoms in total. The van der Waals surface area contributed by atoms with E-state index in [0.29, 0.717) is 5.69 Å². The summed E-state index contributed by atoms with van der Waals surface area (Å²) in [5, 5.41) is 5.40. The molecule has 1 amide bonds. The zero-order chi connectivity index (χ0) is 18.7. The van der Waals surface area contributed by atoms with Crippen molar-refractivity contribution in [1.29, 1.82) is 0 Å². The van der Waals surface area contributed by atoms with E-state index < -0.39 is 11.7 Å². The molecule has 1 aromatic heterocycles. The van der Waals surface area contributed by atoms with Gasteiger partial charge in [-0.3, -0.25) is 4.79 Å². The summed E-state index contributed by atoms with van der Waals surface area (Å²) in [5.74, 6) is -0.241. The SMILES string of the molecule is O=C(NC1CCCC1)c1ccc(Nc2ccc(Cl)c(C(F)(F)F)c2)cn1. The highest BCUT2D eigenvalue weighted by molar-refractivity contribution is 6.31. The maximum atomic E-state index is 12.9. The number of halogens is 4. The van der Waals surface area contributed by atoms with Crippen LogP contribution in [0, 0.1) is 0 Å². The first-order valence-corrected chi connectivity index (χ1v) is 8.61. The first-order valence-electron chi connectivity index (χ1n) is 8.23. The van der Waals surface area contributed by atoms with Crippen LogP contribution >= 0.6 is 11.6 Å². The van der Waals surface area contributed by atoms with E-state index in [1.165, 1.54) is 24.4 Å². The molecule has 26 heavy (non-hydrogen) atoms. The first kappa shape index (κ1) is 18.5. The van der Waals surface area contributed by atoms with Crippen LogP contribution in [0.1, 0.15) is 41.7 Å². The summed E-state index contributed by atoms with van der Waals surface area (Å²) in [4.78, 5) is 16.2. The van der Waals surface area contributed by atoms with Gasteiger partial charge in [0.05, 0.1) is 22.5 Å². The molecular formula is C18H17ClF3N3O. The van der Waals surface area contributed by atoms with E-state index in [-0.39, 0.29) is 28.4 Å². The van der Waals surface area contributed by atoms with Crippen LogP contribution in [0.2, 0.25) is 5.02 Å². The number of carbonyl (C=O) groups excluding carboxylic acids is 1. The van der Waals surface area contributed by atoms with Crippen LogP contribution < -0.4 is 10.6 Å². The Kier molecular flexibility index (Phi) is 5.36. The lowest BCUT2D eigenvalue weighted by Crippen LogP contribution is -2.33. The van der Waals surface area contributed by atoms with Crippen molar-refractivity contribution in [2.45, 2.75) is 37.9 Å². The minimum absolute atomic E-state index is 0.192. The molecule has 3 rings (SSSR count). The molecule has 0 bridgehead atoms. The quantitative estimate of drug-likeness (QED) is 0.765. The number of alkyl halides is 3. The smallest absolute Gasteiger partial charge is 0.354 e. The zero-order valence-corrected chi connectivity index (χ0v) is 14.5. The second-order valence-electron chi connectivity index (χ2n) is 6.20. The van der Waals surface area contributed by atoms with Crippen LogP contribution in [0.4, 0.5) is 24.5 Å². The molecule has 2 aromatic rings. The Morgan fingerprint density at radius 3 is 2.42 bits per heavy atom. The van der Waals surface area contributed by atoms with Crippen molar-refractivity contribution in [3.05, 3.63) is 52.8 Å². The number of benzene rings is 1. The average molecular weight is 384 g/mol. The summed E-state index contributed by atoms with van der Waals surface area (Å²) in [6, 6.07) is 6.88. The molecule has 8 heteroatoms. The molecule has 0 aliphatic heterocycles. The van der Waals surface area contributed by atoms with E-state index in [2.05, 4.69) is 15.6 Å². The van der Waals surface area contributed by atoms with Crippen LogP contribution in [0.3, 0.4) is 0 Å². The van der Waals surface area contributed by atoms with Gasteiger partial charge in [-0.05, 0) is 43.2 Å². The number of hydrogen-bond acceptors (Lipinski definition) is 3. The van der Waals surface area contributed by atoms with E-state index >= 15 is 0 Å². The standard InChI is InChI=1S/C18H17ClF3N3O/c19-15-7-5-12(9-14(15)18(20,21)22)24-13-6-8-16(23-10-13)17(26)25-11-3-1-2-4-11/h5-11,24H,1-4H2,(H,25,26). The van der Waals surface area contributed by atoms with Crippen molar-refractivity contribution < 1.29 is 18.0 Å². The van der Waals surface area contributed by atoms with E-state index in [1.54, 1.807) is 6.07 Å². The normalized spacial score (nSPS) is 15.1. The van der Waals surface area contributed by atoms with Gasteiger partial charge in [-0.1, -0.05) is 24.4 Å². The summed E-state index contributed by atoms with van der Waals surface area (Å²) in [5.41, 5.74) is 0.0590.